The highest BCUT2D eigenvalue weighted by molar-refractivity contribution is 7.89. The van der Waals surface area contributed by atoms with Crippen molar-refractivity contribution in [2.24, 2.45) is 0 Å². The zero-order chi connectivity index (χ0) is 17.6. The monoisotopic (exact) mass is 348 g/mol. The molecule has 2 aromatic rings. The van der Waals surface area contributed by atoms with Gasteiger partial charge in [0.2, 0.25) is 10.0 Å². The molecule has 1 atom stereocenters. The van der Waals surface area contributed by atoms with E-state index >= 15 is 0 Å². The lowest BCUT2D eigenvalue weighted by Gasteiger charge is -2.14. The summed E-state index contributed by atoms with van der Waals surface area (Å²) in [4.78, 5) is 16.1. The molecule has 0 fully saturated rings. The van der Waals surface area contributed by atoms with Crippen LogP contribution in [0.5, 0.6) is 0 Å². The Bertz CT molecular complexity index is 777. The number of pyridine rings is 1. The Hall–Kier alpha value is -2.45. The molecule has 3 N–H and O–H groups in total. The molecule has 1 heterocycles. The first-order valence-electron chi connectivity index (χ1n) is 7.39. The molecule has 0 bridgehead atoms. The number of nitrogens with one attached hydrogen (secondary N) is 3. The topological polar surface area (TPSA) is 100 Å². The minimum absolute atomic E-state index is 0.165. The summed E-state index contributed by atoms with van der Waals surface area (Å²) in [5.41, 5.74) is 1.71. The van der Waals surface area contributed by atoms with Crippen molar-refractivity contribution in [3.05, 3.63) is 59.9 Å². The van der Waals surface area contributed by atoms with Crippen molar-refractivity contribution < 1.29 is 13.2 Å². The molecule has 0 aliphatic rings. The fourth-order valence-electron chi connectivity index (χ4n) is 2.05. The Balaban J connectivity index is 1.88. The predicted octanol–water partition coefficient (Wildman–Crippen LogP) is 1.55. The molecular formula is C16H20N4O3S. The minimum Gasteiger partial charge on any atom is -0.334 e. The molecule has 0 saturated carbocycles. The fourth-order valence-corrected chi connectivity index (χ4v) is 2.78. The van der Waals surface area contributed by atoms with Gasteiger partial charge in [-0.25, -0.2) is 17.9 Å². The Labute approximate surface area is 141 Å². The summed E-state index contributed by atoms with van der Waals surface area (Å²) in [6.45, 7) is 2.17. The summed E-state index contributed by atoms with van der Waals surface area (Å²) in [6.07, 6.45) is 3.38. The van der Waals surface area contributed by atoms with Crippen molar-refractivity contribution in [2.75, 3.05) is 7.05 Å². The standard InChI is InChI=1S/C16H20N4O3S/c1-12(14-4-3-9-18-11-14)20-16(21)19-10-13-5-7-15(8-6-13)24(22,23)17-2/h3-9,11-12,17H,10H2,1-2H3,(H2,19,20,21)/t12-/m1/s1. The summed E-state index contributed by atoms with van der Waals surface area (Å²) in [6, 6.07) is 9.55. The van der Waals surface area contributed by atoms with E-state index in [1.54, 1.807) is 24.5 Å². The van der Waals surface area contributed by atoms with Crippen LogP contribution in [0, 0.1) is 0 Å². The number of amides is 2. The van der Waals surface area contributed by atoms with Crippen molar-refractivity contribution in [3.63, 3.8) is 0 Å². The van der Waals surface area contributed by atoms with Gasteiger partial charge in [0.1, 0.15) is 0 Å². The van der Waals surface area contributed by atoms with Crippen molar-refractivity contribution in [3.8, 4) is 0 Å². The second-order valence-corrected chi connectivity index (χ2v) is 7.07. The van der Waals surface area contributed by atoms with Crippen molar-refractivity contribution in [2.45, 2.75) is 24.4 Å². The normalized spacial score (nSPS) is 12.4. The van der Waals surface area contributed by atoms with Crippen LogP contribution in [-0.2, 0) is 16.6 Å². The van der Waals surface area contributed by atoms with Crippen molar-refractivity contribution in [1.82, 2.24) is 20.3 Å². The number of rotatable bonds is 6. The van der Waals surface area contributed by atoms with Crippen LogP contribution >= 0.6 is 0 Å². The Morgan fingerprint density at radius 3 is 2.50 bits per heavy atom. The number of carbonyl (C=O) groups excluding carboxylic acids is 1. The van der Waals surface area contributed by atoms with Crippen LogP contribution in [0.1, 0.15) is 24.1 Å². The largest absolute Gasteiger partial charge is 0.334 e. The molecule has 1 aromatic heterocycles. The lowest BCUT2D eigenvalue weighted by Crippen LogP contribution is -2.36. The SMILES string of the molecule is CNS(=O)(=O)c1ccc(CNC(=O)N[C@H](C)c2cccnc2)cc1. The molecule has 0 aliphatic heterocycles. The van der Waals surface area contributed by atoms with Crippen molar-refractivity contribution >= 4 is 16.1 Å². The molecule has 2 rings (SSSR count). The van der Waals surface area contributed by atoms with Gasteiger partial charge in [0, 0.05) is 18.9 Å². The van der Waals surface area contributed by atoms with Gasteiger partial charge in [-0.05, 0) is 43.3 Å². The second kappa shape index (κ2) is 7.89. The van der Waals surface area contributed by atoms with Crippen LogP contribution in [0.3, 0.4) is 0 Å². The van der Waals surface area contributed by atoms with Crippen LogP contribution in [0.4, 0.5) is 4.79 Å². The first-order chi connectivity index (χ1) is 11.4. The molecule has 8 heteroatoms. The number of nitrogens with zero attached hydrogens (tertiary/aromatic N) is 1. The molecule has 0 spiro atoms. The van der Waals surface area contributed by atoms with Crippen LogP contribution in [0.25, 0.3) is 0 Å². The average molecular weight is 348 g/mol. The predicted molar refractivity (Wildman–Crippen MR) is 90.7 cm³/mol. The highest BCUT2D eigenvalue weighted by atomic mass is 32.2. The zero-order valence-electron chi connectivity index (χ0n) is 13.5. The number of benzene rings is 1. The summed E-state index contributed by atoms with van der Waals surface area (Å²) < 4.78 is 25.5. The van der Waals surface area contributed by atoms with E-state index in [1.165, 1.54) is 19.2 Å². The van der Waals surface area contributed by atoms with Gasteiger partial charge in [0.15, 0.2) is 0 Å². The molecule has 1 aromatic carbocycles. The average Bonchev–Trinajstić information content (AvgIpc) is 2.61. The molecule has 2 amide bonds. The summed E-state index contributed by atoms with van der Waals surface area (Å²) in [7, 11) is -2.09. The van der Waals surface area contributed by atoms with Crippen LogP contribution < -0.4 is 15.4 Å². The number of sulfonamides is 1. The third-order valence-electron chi connectivity index (χ3n) is 3.49. The third-order valence-corrected chi connectivity index (χ3v) is 4.92. The third kappa shape index (κ3) is 4.77. The molecular weight excluding hydrogens is 328 g/mol. The number of urea groups is 1. The van der Waals surface area contributed by atoms with Gasteiger partial charge in [0.25, 0.3) is 0 Å². The van der Waals surface area contributed by atoms with Gasteiger partial charge in [-0.15, -0.1) is 0 Å². The molecule has 128 valence electrons. The maximum absolute atomic E-state index is 11.9. The van der Waals surface area contributed by atoms with Gasteiger partial charge in [-0.2, -0.15) is 0 Å². The first-order valence-corrected chi connectivity index (χ1v) is 8.87. The molecule has 7 nitrogen and oxygen atoms in total. The van der Waals surface area contributed by atoms with E-state index in [9.17, 15) is 13.2 Å². The van der Waals surface area contributed by atoms with E-state index in [2.05, 4.69) is 20.3 Å². The number of hydrogen-bond donors (Lipinski definition) is 3. The summed E-state index contributed by atoms with van der Waals surface area (Å²) >= 11 is 0. The van der Waals surface area contributed by atoms with Crippen molar-refractivity contribution in [1.29, 1.82) is 0 Å². The Morgan fingerprint density at radius 1 is 1.21 bits per heavy atom. The van der Waals surface area contributed by atoms with E-state index in [4.69, 9.17) is 0 Å². The quantitative estimate of drug-likeness (QED) is 0.737. The van der Waals surface area contributed by atoms with Crippen LogP contribution in [0.2, 0.25) is 0 Å². The maximum atomic E-state index is 11.9. The zero-order valence-corrected chi connectivity index (χ0v) is 14.3. The van der Waals surface area contributed by atoms with Crippen LogP contribution in [-0.4, -0.2) is 26.5 Å². The van der Waals surface area contributed by atoms with E-state index in [-0.39, 0.29) is 17.0 Å². The molecule has 0 radical (unpaired) electrons. The van der Waals surface area contributed by atoms with E-state index in [1.807, 2.05) is 19.1 Å². The Kier molecular flexibility index (Phi) is 5.88. The molecule has 24 heavy (non-hydrogen) atoms. The van der Waals surface area contributed by atoms with Gasteiger partial charge < -0.3 is 10.6 Å². The Morgan fingerprint density at radius 2 is 1.92 bits per heavy atom. The molecule has 0 unspecified atom stereocenters. The lowest BCUT2D eigenvalue weighted by molar-refractivity contribution is 0.237. The second-order valence-electron chi connectivity index (χ2n) is 5.19. The van der Waals surface area contributed by atoms with Gasteiger partial charge in [0.05, 0.1) is 10.9 Å². The number of aromatic nitrogens is 1. The summed E-state index contributed by atoms with van der Waals surface area (Å²) in [5.74, 6) is 0. The summed E-state index contributed by atoms with van der Waals surface area (Å²) in [5, 5.41) is 5.55. The van der Waals surface area contributed by atoms with Gasteiger partial charge >= 0.3 is 6.03 Å². The number of carbonyl (C=O) groups is 1. The highest BCUT2D eigenvalue weighted by Crippen LogP contribution is 2.11. The van der Waals surface area contributed by atoms with Gasteiger partial charge in [-0.3, -0.25) is 4.98 Å². The highest BCUT2D eigenvalue weighted by Gasteiger charge is 2.11. The molecule has 0 saturated heterocycles. The first kappa shape index (κ1) is 17.9. The van der Waals surface area contributed by atoms with Gasteiger partial charge in [-0.1, -0.05) is 18.2 Å². The van der Waals surface area contributed by atoms with Crippen LogP contribution in [0.15, 0.2) is 53.7 Å². The fraction of sp³-hybridized carbons (Fsp3) is 0.250. The van der Waals surface area contributed by atoms with E-state index < -0.39 is 10.0 Å². The van der Waals surface area contributed by atoms with E-state index in [0.717, 1.165) is 11.1 Å². The maximum Gasteiger partial charge on any atom is 0.315 e. The smallest absolute Gasteiger partial charge is 0.315 e. The lowest BCUT2D eigenvalue weighted by atomic mass is 10.1. The van der Waals surface area contributed by atoms with E-state index in [0.29, 0.717) is 6.54 Å². The number of hydrogen-bond acceptors (Lipinski definition) is 4. The molecule has 0 aliphatic carbocycles. The minimum atomic E-state index is -3.45.